The third-order valence-electron chi connectivity index (χ3n) is 4.31. The zero-order valence-corrected chi connectivity index (χ0v) is 16.4. The van der Waals surface area contributed by atoms with Gasteiger partial charge in [-0.2, -0.15) is 5.26 Å². The minimum absolute atomic E-state index is 0.0201. The predicted molar refractivity (Wildman–Crippen MR) is 110 cm³/mol. The van der Waals surface area contributed by atoms with Gasteiger partial charge in [0, 0.05) is 5.71 Å². The summed E-state index contributed by atoms with van der Waals surface area (Å²) in [5.41, 5.74) is 0.926. The van der Waals surface area contributed by atoms with Gasteiger partial charge in [-0.1, -0.05) is 36.0 Å². The Bertz CT molecular complexity index is 1180. The van der Waals surface area contributed by atoms with E-state index in [-0.39, 0.29) is 29.4 Å². The molecule has 8 heteroatoms. The number of benzene rings is 2. The number of fused-ring (bicyclic) bond motifs is 1. The van der Waals surface area contributed by atoms with Crippen molar-refractivity contribution in [3.05, 3.63) is 70.3 Å². The molecular weight excluding hydrogens is 391 g/mol. The Balaban J connectivity index is 1.99. The lowest BCUT2D eigenvalue weighted by Crippen LogP contribution is -2.25. The summed E-state index contributed by atoms with van der Waals surface area (Å²) in [7, 11) is 0. The van der Waals surface area contributed by atoms with E-state index >= 15 is 0 Å². The number of halogens is 1. The zero-order valence-electron chi connectivity index (χ0n) is 15.6. The Kier molecular flexibility index (Phi) is 6.20. The molecule has 0 saturated carbocycles. The largest absolute Gasteiger partial charge is 0.308 e. The van der Waals surface area contributed by atoms with Crippen LogP contribution in [0.5, 0.6) is 0 Å². The van der Waals surface area contributed by atoms with Crippen molar-refractivity contribution in [3.8, 4) is 6.07 Å². The number of ketones is 1. The lowest BCUT2D eigenvalue weighted by Gasteiger charge is -2.13. The van der Waals surface area contributed by atoms with Gasteiger partial charge in [0.05, 0.1) is 29.3 Å². The third-order valence-corrected chi connectivity index (χ3v) is 5.31. The maximum Gasteiger partial charge on any atom is 0.262 e. The molecule has 0 amide bonds. The number of Topliss-reactive ketones (excluding diaryl/α,β-unsaturated/α-hetero) is 1. The van der Waals surface area contributed by atoms with Crippen molar-refractivity contribution < 1.29 is 9.18 Å². The summed E-state index contributed by atoms with van der Waals surface area (Å²) in [4.78, 5) is 29.8. The first-order chi connectivity index (χ1) is 13.9. The molecule has 0 radical (unpaired) electrons. The van der Waals surface area contributed by atoms with E-state index in [9.17, 15) is 14.0 Å². The first-order valence-corrected chi connectivity index (χ1v) is 9.73. The normalized spacial score (nSPS) is 11.8. The van der Waals surface area contributed by atoms with Crippen LogP contribution in [0.3, 0.4) is 0 Å². The lowest BCUT2D eigenvalue weighted by molar-refractivity contribution is -0.117. The highest BCUT2D eigenvalue weighted by Gasteiger charge is 2.21. The highest BCUT2D eigenvalue weighted by atomic mass is 32.2. The van der Waals surface area contributed by atoms with Gasteiger partial charge in [0.1, 0.15) is 11.7 Å². The molecule has 0 aliphatic heterocycles. The Morgan fingerprint density at radius 1 is 1.28 bits per heavy atom. The Hall–Kier alpha value is -3.31. The molecular formula is C21H17FN4O2S. The van der Waals surface area contributed by atoms with Crippen LogP contribution in [0.25, 0.3) is 10.9 Å². The van der Waals surface area contributed by atoms with Crippen molar-refractivity contribution in [2.75, 3.05) is 5.75 Å². The molecule has 6 nitrogen and oxygen atoms in total. The van der Waals surface area contributed by atoms with Crippen LogP contribution in [0, 0.1) is 28.5 Å². The van der Waals surface area contributed by atoms with Crippen molar-refractivity contribution in [2.24, 2.45) is 5.92 Å². The molecule has 1 heterocycles. The SMILES string of the molecule is CC(=N)C(C#N)C(=O)CSc1nc2ccccc2c(=O)n1Cc1ccc(F)cc1. The van der Waals surface area contributed by atoms with Crippen LogP contribution >= 0.6 is 11.8 Å². The molecule has 1 atom stereocenters. The maximum atomic E-state index is 13.2. The fraction of sp³-hybridized carbons (Fsp3) is 0.190. The molecule has 29 heavy (non-hydrogen) atoms. The first kappa shape index (κ1) is 20.4. The molecule has 1 unspecified atom stereocenters. The van der Waals surface area contributed by atoms with Gasteiger partial charge in [-0.3, -0.25) is 14.2 Å². The number of hydrogen-bond donors (Lipinski definition) is 1. The third kappa shape index (κ3) is 4.58. The Labute approximate surface area is 170 Å². The van der Waals surface area contributed by atoms with Crippen molar-refractivity contribution in [1.29, 1.82) is 10.7 Å². The second kappa shape index (κ2) is 8.80. The second-order valence-corrected chi connectivity index (χ2v) is 7.37. The Morgan fingerprint density at radius 2 is 1.97 bits per heavy atom. The number of nitriles is 1. The second-order valence-electron chi connectivity index (χ2n) is 6.43. The maximum absolute atomic E-state index is 13.2. The molecule has 1 N–H and O–H groups in total. The van der Waals surface area contributed by atoms with E-state index in [1.807, 2.05) is 6.07 Å². The van der Waals surface area contributed by atoms with Crippen molar-refractivity contribution in [2.45, 2.75) is 18.6 Å². The van der Waals surface area contributed by atoms with Crippen LogP contribution in [0.15, 0.2) is 58.5 Å². The smallest absolute Gasteiger partial charge is 0.262 e. The van der Waals surface area contributed by atoms with Crippen LogP contribution in [-0.4, -0.2) is 26.8 Å². The van der Waals surface area contributed by atoms with E-state index in [4.69, 9.17) is 10.7 Å². The van der Waals surface area contributed by atoms with Gasteiger partial charge in [-0.05, 0) is 36.8 Å². The molecule has 0 fully saturated rings. The molecule has 3 aromatic rings. The zero-order chi connectivity index (χ0) is 21.0. The van der Waals surface area contributed by atoms with E-state index < -0.39 is 11.7 Å². The minimum atomic E-state index is -1.11. The Morgan fingerprint density at radius 3 is 2.62 bits per heavy atom. The van der Waals surface area contributed by atoms with E-state index in [0.29, 0.717) is 21.6 Å². The number of hydrogen-bond acceptors (Lipinski definition) is 6. The molecule has 0 spiro atoms. The van der Waals surface area contributed by atoms with Crippen molar-refractivity contribution >= 4 is 34.2 Å². The standard InChI is InChI=1S/C21H17FN4O2S/c1-13(24)17(10-23)19(27)12-29-21-25-18-5-3-2-4-16(18)20(28)26(21)11-14-6-8-15(22)9-7-14/h2-9,17,24H,11-12H2,1H3. The number of carbonyl (C=O) groups is 1. The van der Waals surface area contributed by atoms with Gasteiger partial charge in [0.15, 0.2) is 10.9 Å². The molecule has 0 aliphatic carbocycles. The lowest BCUT2D eigenvalue weighted by atomic mass is 10.0. The summed E-state index contributed by atoms with van der Waals surface area (Å²) in [6.45, 7) is 1.58. The van der Waals surface area contributed by atoms with Gasteiger partial charge >= 0.3 is 0 Å². The highest BCUT2D eigenvalue weighted by molar-refractivity contribution is 7.99. The molecule has 2 aromatic carbocycles. The summed E-state index contributed by atoms with van der Waals surface area (Å²) >= 11 is 1.05. The number of thioether (sulfide) groups is 1. The number of aromatic nitrogens is 2. The van der Waals surface area contributed by atoms with Gasteiger partial charge in [0.2, 0.25) is 0 Å². The van der Waals surface area contributed by atoms with Crippen LogP contribution < -0.4 is 5.56 Å². The van der Waals surface area contributed by atoms with E-state index in [1.54, 1.807) is 36.4 Å². The van der Waals surface area contributed by atoms with Crippen LogP contribution in [0.4, 0.5) is 4.39 Å². The summed E-state index contributed by atoms with van der Waals surface area (Å²) in [6, 6.07) is 14.5. The summed E-state index contributed by atoms with van der Waals surface area (Å²) in [5, 5.41) is 17.4. The van der Waals surface area contributed by atoms with Gasteiger partial charge in [0.25, 0.3) is 5.56 Å². The number of rotatable bonds is 7. The monoisotopic (exact) mass is 408 g/mol. The number of nitrogens with zero attached hydrogens (tertiary/aromatic N) is 3. The van der Waals surface area contributed by atoms with Gasteiger partial charge < -0.3 is 5.41 Å². The average molecular weight is 408 g/mol. The van der Waals surface area contributed by atoms with E-state index in [1.165, 1.54) is 23.6 Å². The van der Waals surface area contributed by atoms with Gasteiger partial charge in [-0.25, -0.2) is 9.37 Å². The van der Waals surface area contributed by atoms with E-state index in [2.05, 4.69) is 4.98 Å². The molecule has 0 aliphatic rings. The molecule has 0 saturated heterocycles. The molecule has 3 rings (SSSR count). The summed E-state index contributed by atoms with van der Waals surface area (Å²) < 4.78 is 14.6. The fourth-order valence-electron chi connectivity index (χ4n) is 2.80. The highest BCUT2D eigenvalue weighted by Crippen LogP contribution is 2.20. The fourth-order valence-corrected chi connectivity index (χ4v) is 3.70. The number of nitrogens with one attached hydrogen (secondary N) is 1. The van der Waals surface area contributed by atoms with Crippen LogP contribution in [0.2, 0.25) is 0 Å². The predicted octanol–water partition coefficient (Wildman–Crippen LogP) is 3.42. The summed E-state index contributed by atoms with van der Waals surface area (Å²) in [5.74, 6) is -1.99. The molecule has 146 valence electrons. The molecule has 0 bridgehead atoms. The van der Waals surface area contributed by atoms with Crippen LogP contribution in [0.1, 0.15) is 12.5 Å². The van der Waals surface area contributed by atoms with E-state index in [0.717, 1.165) is 11.8 Å². The average Bonchev–Trinajstić information content (AvgIpc) is 2.70. The quantitative estimate of drug-likeness (QED) is 0.367. The van der Waals surface area contributed by atoms with Gasteiger partial charge in [-0.15, -0.1) is 0 Å². The molecule has 1 aromatic heterocycles. The van der Waals surface area contributed by atoms with Crippen LogP contribution in [-0.2, 0) is 11.3 Å². The minimum Gasteiger partial charge on any atom is -0.308 e. The summed E-state index contributed by atoms with van der Waals surface area (Å²) in [6.07, 6.45) is 0. The number of para-hydroxylation sites is 1. The number of carbonyl (C=O) groups excluding carboxylic acids is 1. The van der Waals surface area contributed by atoms with Crippen molar-refractivity contribution in [1.82, 2.24) is 9.55 Å². The first-order valence-electron chi connectivity index (χ1n) is 8.75. The topological polar surface area (TPSA) is 99.6 Å². The van der Waals surface area contributed by atoms with Crippen molar-refractivity contribution in [3.63, 3.8) is 0 Å².